The van der Waals surface area contributed by atoms with Gasteiger partial charge in [-0.25, -0.2) is 4.98 Å². The number of aromatic nitrogens is 1. The number of rotatable bonds is 8. The summed E-state index contributed by atoms with van der Waals surface area (Å²) in [6, 6.07) is 7.45. The van der Waals surface area contributed by atoms with Crippen LogP contribution in [0.5, 0.6) is 0 Å². The van der Waals surface area contributed by atoms with Crippen molar-refractivity contribution in [1.29, 1.82) is 0 Å². The molecule has 7 heteroatoms. The Labute approximate surface area is 165 Å². The summed E-state index contributed by atoms with van der Waals surface area (Å²) in [6.45, 7) is 8.83. The molecule has 2 aromatic rings. The molecule has 3 rings (SSSR count). The lowest BCUT2D eigenvalue weighted by Crippen LogP contribution is -2.53. The number of nitrogens with zero attached hydrogens (tertiary/aromatic N) is 3. The van der Waals surface area contributed by atoms with Crippen molar-refractivity contribution in [2.45, 2.75) is 20.4 Å². The normalized spacial score (nSPS) is 15.1. The number of nitrogens with one attached hydrogen (secondary N) is 1. The van der Waals surface area contributed by atoms with E-state index in [2.05, 4.69) is 34.1 Å². The van der Waals surface area contributed by atoms with Gasteiger partial charge in [-0.15, -0.1) is 0 Å². The fourth-order valence-corrected chi connectivity index (χ4v) is 3.17. The Bertz CT molecular complexity index is 769. The maximum absolute atomic E-state index is 12.2. The average Bonchev–Trinajstić information content (AvgIpc) is 2.98. The number of benzene rings is 1. The van der Waals surface area contributed by atoms with Gasteiger partial charge in [-0.05, 0) is 44.8 Å². The van der Waals surface area contributed by atoms with Gasteiger partial charge in [0.1, 0.15) is 5.76 Å². The van der Waals surface area contributed by atoms with Crippen molar-refractivity contribution in [3.8, 4) is 11.5 Å². The second-order valence-electron chi connectivity index (χ2n) is 7.11. The zero-order valence-electron chi connectivity index (χ0n) is 16.2. The molecular weight excluding hydrogens is 364 g/mol. The van der Waals surface area contributed by atoms with Gasteiger partial charge in [0.05, 0.1) is 11.6 Å². The lowest BCUT2D eigenvalue weighted by Gasteiger charge is -2.37. The molecular formula is C20H27ClN4O2. The van der Waals surface area contributed by atoms with E-state index >= 15 is 0 Å². The predicted molar refractivity (Wildman–Crippen MR) is 107 cm³/mol. The number of likely N-dealkylation sites (N-methyl/N-ethyl adjacent to an activating group) is 1. The van der Waals surface area contributed by atoms with Crippen LogP contribution >= 0.6 is 11.6 Å². The van der Waals surface area contributed by atoms with Crippen LogP contribution in [0.1, 0.15) is 18.4 Å². The molecule has 0 radical (unpaired) electrons. The van der Waals surface area contributed by atoms with Crippen molar-refractivity contribution in [3.63, 3.8) is 0 Å². The van der Waals surface area contributed by atoms with Crippen molar-refractivity contribution in [1.82, 2.24) is 20.1 Å². The zero-order chi connectivity index (χ0) is 19.4. The molecule has 1 aliphatic heterocycles. The van der Waals surface area contributed by atoms with Crippen molar-refractivity contribution in [3.05, 3.63) is 40.7 Å². The van der Waals surface area contributed by atoms with Crippen LogP contribution in [-0.2, 0) is 11.3 Å². The Morgan fingerprint density at radius 3 is 2.74 bits per heavy atom. The summed E-state index contributed by atoms with van der Waals surface area (Å²) in [6.07, 6.45) is 0. The highest BCUT2D eigenvalue weighted by Crippen LogP contribution is 2.26. The minimum absolute atomic E-state index is 0.0693. The summed E-state index contributed by atoms with van der Waals surface area (Å²) in [5, 5.41) is 3.71. The van der Waals surface area contributed by atoms with Gasteiger partial charge in [-0.2, -0.15) is 0 Å². The highest BCUT2D eigenvalue weighted by molar-refractivity contribution is 6.30. The molecule has 1 aromatic carbocycles. The Hall–Kier alpha value is -1.89. The first-order chi connectivity index (χ1) is 13.0. The van der Waals surface area contributed by atoms with E-state index in [1.165, 1.54) is 0 Å². The first kappa shape index (κ1) is 19.9. The molecule has 0 saturated carbocycles. The number of carbonyl (C=O) groups excluding carboxylic acids is 1. The van der Waals surface area contributed by atoms with Gasteiger partial charge < -0.3 is 14.6 Å². The Kier molecular flexibility index (Phi) is 6.52. The lowest BCUT2D eigenvalue weighted by atomic mass is 9.99. The smallest absolute Gasteiger partial charge is 0.226 e. The predicted octanol–water partition coefficient (Wildman–Crippen LogP) is 2.80. The topological polar surface area (TPSA) is 61.6 Å². The SMILES string of the molecule is CCN(C)CCNC(=O)C1CN(Cc2nc(-c3ccc(Cl)cc3)oc2C)C1. The third-order valence-electron chi connectivity index (χ3n) is 5.02. The molecule has 0 aliphatic carbocycles. The zero-order valence-corrected chi connectivity index (χ0v) is 16.9. The molecule has 0 atom stereocenters. The molecule has 2 heterocycles. The molecule has 1 amide bonds. The fourth-order valence-electron chi connectivity index (χ4n) is 3.04. The second-order valence-corrected chi connectivity index (χ2v) is 7.54. The van der Waals surface area contributed by atoms with Crippen LogP contribution in [-0.4, -0.2) is 60.5 Å². The average molecular weight is 391 g/mol. The number of carbonyl (C=O) groups is 1. The minimum Gasteiger partial charge on any atom is -0.441 e. The van der Waals surface area contributed by atoms with E-state index in [9.17, 15) is 4.79 Å². The van der Waals surface area contributed by atoms with Crippen molar-refractivity contribution < 1.29 is 9.21 Å². The van der Waals surface area contributed by atoms with Gasteiger partial charge in [-0.3, -0.25) is 9.69 Å². The Balaban J connectivity index is 1.47. The molecule has 1 aliphatic rings. The first-order valence-electron chi connectivity index (χ1n) is 9.37. The molecule has 0 unspecified atom stereocenters. The van der Waals surface area contributed by atoms with Crippen LogP contribution in [0.25, 0.3) is 11.5 Å². The number of aryl methyl sites for hydroxylation is 1. The van der Waals surface area contributed by atoms with Crippen LogP contribution < -0.4 is 5.32 Å². The second kappa shape index (κ2) is 8.87. The summed E-state index contributed by atoms with van der Waals surface area (Å²) >= 11 is 5.93. The maximum atomic E-state index is 12.2. The molecule has 0 bridgehead atoms. The summed E-state index contributed by atoms with van der Waals surface area (Å²) < 4.78 is 5.81. The fraction of sp³-hybridized carbons (Fsp3) is 0.500. The molecule has 1 N–H and O–H groups in total. The van der Waals surface area contributed by atoms with Crippen LogP contribution in [0.3, 0.4) is 0 Å². The summed E-state index contributed by atoms with van der Waals surface area (Å²) in [5.74, 6) is 1.64. The highest BCUT2D eigenvalue weighted by atomic mass is 35.5. The van der Waals surface area contributed by atoms with E-state index < -0.39 is 0 Å². The molecule has 1 fully saturated rings. The lowest BCUT2D eigenvalue weighted by molar-refractivity contribution is -0.130. The van der Waals surface area contributed by atoms with E-state index in [1.807, 2.05) is 31.2 Å². The maximum Gasteiger partial charge on any atom is 0.226 e. The highest BCUT2D eigenvalue weighted by Gasteiger charge is 2.33. The molecule has 146 valence electrons. The minimum atomic E-state index is 0.0693. The van der Waals surface area contributed by atoms with Gasteiger partial charge in [0.25, 0.3) is 0 Å². The molecule has 1 aromatic heterocycles. The van der Waals surface area contributed by atoms with Crippen molar-refractivity contribution in [2.75, 3.05) is 39.8 Å². The van der Waals surface area contributed by atoms with Crippen molar-refractivity contribution in [2.24, 2.45) is 5.92 Å². The molecule has 0 spiro atoms. The molecule has 1 saturated heterocycles. The van der Waals surface area contributed by atoms with Gasteiger partial charge in [0.2, 0.25) is 11.8 Å². The monoisotopic (exact) mass is 390 g/mol. The first-order valence-corrected chi connectivity index (χ1v) is 9.75. The number of likely N-dealkylation sites (tertiary alicyclic amines) is 1. The Morgan fingerprint density at radius 1 is 1.37 bits per heavy atom. The number of hydrogen-bond donors (Lipinski definition) is 1. The molecule has 6 nitrogen and oxygen atoms in total. The summed E-state index contributed by atoms with van der Waals surface area (Å²) in [5.41, 5.74) is 1.83. The van der Waals surface area contributed by atoms with Gasteiger partial charge >= 0.3 is 0 Å². The summed E-state index contributed by atoms with van der Waals surface area (Å²) in [7, 11) is 2.05. The van der Waals surface area contributed by atoms with Crippen LogP contribution in [0.2, 0.25) is 5.02 Å². The Morgan fingerprint density at radius 2 is 2.07 bits per heavy atom. The van der Waals surface area contributed by atoms with Crippen molar-refractivity contribution >= 4 is 17.5 Å². The standard InChI is InChI=1S/C20H27ClN4O2/c1-4-24(3)10-9-22-19(26)16-11-25(12-16)13-18-14(2)27-20(23-18)15-5-7-17(21)8-6-15/h5-8,16H,4,9-13H2,1-3H3,(H,22,26). The van der Waals surface area contributed by atoms with Crippen LogP contribution in [0.4, 0.5) is 0 Å². The van der Waals surface area contributed by atoms with E-state index in [4.69, 9.17) is 16.0 Å². The van der Waals surface area contributed by atoms with E-state index in [0.29, 0.717) is 24.0 Å². The number of hydrogen-bond acceptors (Lipinski definition) is 5. The summed E-state index contributed by atoms with van der Waals surface area (Å²) in [4.78, 5) is 21.2. The van der Waals surface area contributed by atoms with Gasteiger partial charge in [0.15, 0.2) is 0 Å². The van der Waals surface area contributed by atoms with Crippen LogP contribution in [0.15, 0.2) is 28.7 Å². The number of halogens is 1. The van der Waals surface area contributed by atoms with Crippen LogP contribution in [0, 0.1) is 12.8 Å². The third kappa shape index (κ3) is 5.09. The number of oxazole rings is 1. The van der Waals surface area contributed by atoms with Gasteiger partial charge in [0, 0.05) is 43.3 Å². The van der Waals surface area contributed by atoms with Gasteiger partial charge in [-0.1, -0.05) is 18.5 Å². The third-order valence-corrected chi connectivity index (χ3v) is 5.27. The van der Waals surface area contributed by atoms with E-state index in [0.717, 1.165) is 43.2 Å². The number of amides is 1. The largest absolute Gasteiger partial charge is 0.441 e. The van der Waals surface area contributed by atoms with E-state index in [-0.39, 0.29) is 11.8 Å². The van der Waals surface area contributed by atoms with E-state index in [1.54, 1.807) is 0 Å². The molecule has 27 heavy (non-hydrogen) atoms. The quantitative estimate of drug-likeness (QED) is 0.751.